The number of aromatic amines is 1. The van der Waals surface area contributed by atoms with Gasteiger partial charge in [0.05, 0.1) is 11.8 Å². The lowest BCUT2D eigenvalue weighted by Gasteiger charge is -1.97. The summed E-state index contributed by atoms with van der Waals surface area (Å²) in [5, 5.41) is 1.01. The molecule has 3 N–H and O–H groups in total. The molecule has 3 rings (SSSR count). The monoisotopic (exact) mass is 240 g/mol. The van der Waals surface area contributed by atoms with Crippen LogP contribution in [-0.4, -0.2) is 20.9 Å². The summed E-state index contributed by atoms with van der Waals surface area (Å²) < 4.78 is 0. The fraction of sp³-hybridized carbons (Fsp3) is 0. The van der Waals surface area contributed by atoms with Crippen LogP contribution in [0.1, 0.15) is 10.5 Å². The predicted molar refractivity (Wildman–Crippen MR) is 68.8 cm³/mol. The molecule has 0 aliphatic heterocycles. The van der Waals surface area contributed by atoms with Crippen molar-refractivity contribution in [3.8, 4) is 0 Å². The molecule has 0 unspecified atom stereocenters. The van der Waals surface area contributed by atoms with E-state index in [0.29, 0.717) is 5.69 Å². The number of para-hydroxylation sites is 1. The lowest BCUT2D eigenvalue weighted by atomic mass is 10.2. The normalized spacial score (nSPS) is 9.56. The molecule has 1 aromatic carbocycles. The summed E-state index contributed by atoms with van der Waals surface area (Å²) in [6.45, 7) is 0. The van der Waals surface area contributed by atoms with Crippen LogP contribution in [0.4, 0.5) is 0 Å². The van der Waals surface area contributed by atoms with Crippen LogP contribution in [0.15, 0.2) is 55.1 Å². The topological polar surface area (TPSA) is 84.7 Å². The molecule has 5 heteroatoms. The van der Waals surface area contributed by atoms with Gasteiger partial charge in [-0.1, -0.05) is 24.3 Å². The van der Waals surface area contributed by atoms with Gasteiger partial charge in [-0.15, -0.1) is 0 Å². The molecule has 2 heterocycles. The first-order valence-electron chi connectivity index (χ1n) is 5.36. The van der Waals surface area contributed by atoms with E-state index in [1.165, 1.54) is 0 Å². The maximum atomic E-state index is 10.8. The average Bonchev–Trinajstić information content (AvgIpc) is 2.97. The Morgan fingerprint density at radius 1 is 1.17 bits per heavy atom. The van der Waals surface area contributed by atoms with Gasteiger partial charge in [0.1, 0.15) is 5.69 Å². The van der Waals surface area contributed by atoms with Crippen LogP contribution in [0, 0.1) is 0 Å². The number of hydrogen-bond donors (Lipinski definition) is 2. The molecule has 0 saturated heterocycles. The number of aromatic nitrogens is 3. The predicted octanol–water partition coefficient (Wildman–Crippen LogP) is 1.74. The van der Waals surface area contributed by atoms with E-state index in [4.69, 9.17) is 5.73 Å². The van der Waals surface area contributed by atoms with E-state index in [9.17, 15) is 4.79 Å². The van der Waals surface area contributed by atoms with Gasteiger partial charge in [-0.25, -0.2) is 9.97 Å². The van der Waals surface area contributed by atoms with Crippen LogP contribution < -0.4 is 5.73 Å². The van der Waals surface area contributed by atoms with Gasteiger partial charge < -0.3 is 10.7 Å². The summed E-state index contributed by atoms with van der Waals surface area (Å²) >= 11 is 0. The minimum atomic E-state index is -0.495. The Balaban J connectivity index is 0.000000202. The third kappa shape index (κ3) is 2.91. The number of amides is 1. The van der Waals surface area contributed by atoms with Crippen molar-refractivity contribution in [3.63, 3.8) is 0 Å². The average molecular weight is 240 g/mol. The molecule has 0 radical (unpaired) electrons. The van der Waals surface area contributed by atoms with Gasteiger partial charge >= 0.3 is 0 Å². The number of imidazole rings is 1. The first-order valence-corrected chi connectivity index (χ1v) is 5.36. The second-order valence-corrected chi connectivity index (χ2v) is 3.51. The largest absolute Gasteiger partial charge is 0.364 e. The Hall–Kier alpha value is -2.69. The zero-order valence-electron chi connectivity index (χ0n) is 9.58. The van der Waals surface area contributed by atoms with Crippen LogP contribution >= 0.6 is 0 Å². The Morgan fingerprint density at radius 2 is 2.00 bits per heavy atom. The Labute approximate surface area is 104 Å². The van der Waals surface area contributed by atoms with Gasteiger partial charge in [-0.05, 0) is 12.1 Å². The van der Waals surface area contributed by atoms with Crippen molar-refractivity contribution >= 4 is 16.8 Å². The zero-order valence-corrected chi connectivity index (χ0v) is 9.58. The zero-order chi connectivity index (χ0) is 12.8. The van der Waals surface area contributed by atoms with Gasteiger partial charge in [0, 0.05) is 17.8 Å². The highest BCUT2D eigenvalue weighted by Crippen LogP contribution is 2.10. The summed E-state index contributed by atoms with van der Waals surface area (Å²) in [6, 6.07) is 11.1. The molecule has 0 atom stereocenters. The SMILES string of the molecule is NC(=O)c1ccc2ccccc2n1.c1c[nH]cn1. The van der Waals surface area contributed by atoms with Crippen LogP contribution in [0.3, 0.4) is 0 Å². The van der Waals surface area contributed by atoms with Gasteiger partial charge in [-0.3, -0.25) is 4.79 Å². The standard InChI is InChI=1S/C10H8N2O.C3H4N2/c11-10(13)9-6-5-7-3-1-2-4-8(7)12-9;1-2-5-3-4-1/h1-6H,(H2,11,13);1-3H,(H,4,5). The van der Waals surface area contributed by atoms with Crippen molar-refractivity contribution < 1.29 is 4.79 Å². The number of carbonyl (C=O) groups excluding carboxylic acids is 1. The van der Waals surface area contributed by atoms with E-state index in [0.717, 1.165) is 10.9 Å². The fourth-order valence-electron chi connectivity index (χ4n) is 1.42. The van der Waals surface area contributed by atoms with Crippen molar-refractivity contribution in [1.82, 2.24) is 15.0 Å². The van der Waals surface area contributed by atoms with Crippen molar-refractivity contribution in [2.45, 2.75) is 0 Å². The van der Waals surface area contributed by atoms with Gasteiger partial charge in [0.25, 0.3) is 5.91 Å². The van der Waals surface area contributed by atoms with Crippen molar-refractivity contribution in [2.24, 2.45) is 5.73 Å². The minimum Gasteiger partial charge on any atom is -0.364 e. The number of pyridine rings is 1. The van der Waals surface area contributed by atoms with Crippen molar-refractivity contribution in [2.75, 3.05) is 0 Å². The number of nitrogens with zero attached hydrogens (tertiary/aromatic N) is 2. The maximum Gasteiger partial charge on any atom is 0.267 e. The Kier molecular flexibility index (Phi) is 3.66. The Bertz CT molecular complexity index is 617. The molecule has 18 heavy (non-hydrogen) atoms. The lowest BCUT2D eigenvalue weighted by Crippen LogP contribution is -2.12. The van der Waals surface area contributed by atoms with E-state index in [2.05, 4.69) is 15.0 Å². The molecule has 0 spiro atoms. The molecular weight excluding hydrogens is 228 g/mol. The molecule has 0 bridgehead atoms. The highest BCUT2D eigenvalue weighted by Gasteiger charge is 2.01. The summed E-state index contributed by atoms with van der Waals surface area (Å²) in [5.74, 6) is -0.495. The number of carbonyl (C=O) groups is 1. The molecule has 5 nitrogen and oxygen atoms in total. The second-order valence-electron chi connectivity index (χ2n) is 3.51. The first kappa shape index (κ1) is 11.8. The highest BCUT2D eigenvalue weighted by molar-refractivity contribution is 5.93. The number of hydrogen-bond acceptors (Lipinski definition) is 3. The molecule has 0 aliphatic carbocycles. The smallest absolute Gasteiger partial charge is 0.267 e. The first-order chi connectivity index (χ1) is 8.77. The van der Waals surface area contributed by atoms with Crippen LogP contribution in [0.5, 0.6) is 0 Å². The number of benzene rings is 1. The summed E-state index contributed by atoms with van der Waals surface area (Å²) in [4.78, 5) is 21.3. The van der Waals surface area contributed by atoms with E-state index in [1.54, 1.807) is 24.8 Å². The summed E-state index contributed by atoms with van der Waals surface area (Å²) in [6.07, 6.45) is 5.08. The van der Waals surface area contributed by atoms with Crippen LogP contribution in [0.2, 0.25) is 0 Å². The van der Waals surface area contributed by atoms with Gasteiger partial charge in [0.15, 0.2) is 0 Å². The molecule has 0 fully saturated rings. The van der Waals surface area contributed by atoms with Crippen LogP contribution in [0.25, 0.3) is 10.9 Å². The molecule has 0 aliphatic rings. The van der Waals surface area contributed by atoms with Gasteiger partial charge in [-0.2, -0.15) is 0 Å². The number of fused-ring (bicyclic) bond motifs is 1. The second kappa shape index (κ2) is 5.58. The Morgan fingerprint density at radius 3 is 2.61 bits per heavy atom. The number of primary amides is 1. The van der Waals surface area contributed by atoms with Crippen molar-refractivity contribution in [1.29, 1.82) is 0 Å². The summed E-state index contributed by atoms with van der Waals surface area (Å²) in [5.41, 5.74) is 6.20. The number of nitrogens with one attached hydrogen (secondary N) is 1. The van der Waals surface area contributed by atoms with E-state index < -0.39 is 5.91 Å². The molecule has 90 valence electrons. The highest BCUT2D eigenvalue weighted by atomic mass is 16.1. The van der Waals surface area contributed by atoms with E-state index in [1.807, 2.05) is 30.3 Å². The van der Waals surface area contributed by atoms with Crippen LogP contribution in [-0.2, 0) is 0 Å². The van der Waals surface area contributed by atoms with E-state index >= 15 is 0 Å². The summed E-state index contributed by atoms with van der Waals surface area (Å²) in [7, 11) is 0. The quantitative estimate of drug-likeness (QED) is 0.679. The number of H-pyrrole nitrogens is 1. The maximum absolute atomic E-state index is 10.8. The molecule has 1 amide bonds. The lowest BCUT2D eigenvalue weighted by molar-refractivity contribution is 0.0996. The van der Waals surface area contributed by atoms with E-state index in [-0.39, 0.29) is 0 Å². The number of rotatable bonds is 1. The van der Waals surface area contributed by atoms with Gasteiger partial charge in [0.2, 0.25) is 0 Å². The minimum absolute atomic E-state index is 0.304. The molecule has 0 saturated carbocycles. The van der Waals surface area contributed by atoms with Crippen molar-refractivity contribution in [3.05, 3.63) is 60.8 Å². The number of nitrogens with two attached hydrogens (primary N) is 1. The third-order valence-electron chi connectivity index (χ3n) is 2.26. The molecular formula is C13H12N4O. The molecule has 3 aromatic rings. The fourth-order valence-corrected chi connectivity index (χ4v) is 1.42. The third-order valence-corrected chi connectivity index (χ3v) is 2.26. The molecule has 2 aromatic heterocycles.